The van der Waals surface area contributed by atoms with Crippen molar-refractivity contribution in [2.45, 2.75) is 43.1 Å². The monoisotopic (exact) mass is 514 g/mol. The first-order valence-corrected chi connectivity index (χ1v) is 13.7. The maximum atomic E-state index is 13.0. The van der Waals surface area contributed by atoms with Gasteiger partial charge in [-0.1, -0.05) is 23.7 Å². The molecule has 184 valence electrons. The minimum Gasteiger partial charge on any atom is -0.507 e. The van der Waals surface area contributed by atoms with Gasteiger partial charge in [0.1, 0.15) is 5.57 Å². The van der Waals surface area contributed by atoms with Crippen LogP contribution in [-0.4, -0.2) is 55.9 Å². The molecule has 7 nitrogen and oxygen atoms in total. The lowest BCUT2D eigenvalue weighted by Crippen LogP contribution is -2.50. The zero-order chi connectivity index (χ0) is 25.4. The summed E-state index contributed by atoms with van der Waals surface area (Å²) in [6, 6.07) is 12.1. The molecule has 1 N–H and O–H groups in total. The van der Waals surface area contributed by atoms with E-state index < -0.39 is 21.4 Å². The van der Waals surface area contributed by atoms with Crippen LogP contribution in [0.4, 0.5) is 0 Å². The van der Waals surface area contributed by atoms with Crippen molar-refractivity contribution in [2.24, 2.45) is 0 Å². The smallest absolute Gasteiger partial charge is 0.343 e. The number of unbranched alkanes of at least 4 members (excludes halogenated alkanes) is 1. The predicted molar refractivity (Wildman–Crippen MR) is 134 cm³/mol. The summed E-state index contributed by atoms with van der Waals surface area (Å²) in [5.74, 6) is -0.675. The lowest BCUT2D eigenvalue weighted by Gasteiger charge is -2.38. The highest BCUT2D eigenvalue weighted by Gasteiger charge is 2.51. The third-order valence-corrected chi connectivity index (χ3v) is 8.04. The fraction of sp³-hybridized carbons (Fsp3) is 0.385. The maximum Gasteiger partial charge on any atom is 0.343 e. The van der Waals surface area contributed by atoms with Gasteiger partial charge in [-0.2, -0.15) is 5.26 Å². The summed E-state index contributed by atoms with van der Waals surface area (Å²) in [5, 5.41) is 20.4. The first-order chi connectivity index (χ1) is 16.6. The van der Waals surface area contributed by atoms with E-state index in [1.807, 2.05) is 6.92 Å². The van der Waals surface area contributed by atoms with Crippen molar-refractivity contribution < 1.29 is 23.1 Å². The van der Waals surface area contributed by atoms with Gasteiger partial charge < -0.3 is 9.84 Å². The summed E-state index contributed by atoms with van der Waals surface area (Å²) in [7, 11) is -3.38. The second kappa shape index (κ2) is 9.65. The summed E-state index contributed by atoms with van der Waals surface area (Å²) in [6.45, 7) is 3.70. The van der Waals surface area contributed by atoms with Gasteiger partial charge in [0.05, 0.1) is 11.0 Å². The van der Waals surface area contributed by atoms with Crippen molar-refractivity contribution in [1.82, 2.24) is 4.90 Å². The highest BCUT2D eigenvalue weighted by molar-refractivity contribution is 7.90. The second-order valence-electron chi connectivity index (χ2n) is 9.20. The van der Waals surface area contributed by atoms with Crippen molar-refractivity contribution in [3.05, 3.63) is 58.3 Å². The number of hydrogen-bond acceptors (Lipinski definition) is 7. The Balaban J connectivity index is 1.70. The van der Waals surface area contributed by atoms with Gasteiger partial charge in [0.2, 0.25) is 0 Å². The molecule has 0 amide bonds. The Bertz CT molecular complexity index is 1360. The van der Waals surface area contributed by atoms with Gasteiger partial charge in [-0.3, -0.25) is 4.90 Å². The zero-order valence-corrected chi connectivity index (χ0v) is 21.2. The Labute approximate surface area is 210 Å². The third-order valence-electron chi connectivity index (χ3n) is 6.61. The normalized spacial score (nSPS) is 20.8. The molecule has 1 unspecified atom stereocenters. The predicted octanol–water partition coefficient (Wildman–Crippen LogP) is 4.68. The third kappa shape index (κ3) is 4.94. The number of piperidine rings is 1. The number of nitriles is 1. The molecule has 0 radical (unpaired) electrons. The first kappa shape index (κ1) is 25.2. The Hall–Kier alpha value is -2.86. The van der Waals surface area contributed by atoms with Crippen LogP contribution in [0.3, 0.4) is 0 Å². The van der Waals surface area contributed by atoms with Crippen molar-refractivity contribution in [2.75, 3.05) is 25.9 Å². The summed E-state index contributed by atoms with van der Waals surface area (Å²) >= 11 is 6.61. The molecule has 0 bridgehead atoms. The number of carbonyl (C=O) groups is 1. The van der Waals surface area contributed by atoms with Gasteiger partial charge in [0.25, 0.3) is 0 Å². The summed E-state index contributed by atoms with van der Waals surface area (Å²) in [5.41, 5.74) is 1.46. The molecule has 9 heteroatoms. The summed E-state index contributed by atoms with van der Waals surface area (Å²) in [4.78, 5) is 15.3. The number of halogens is 1. The number of rotatable bonds is 6. The van der Waals surface area contributed by atoms with Crippen LogP contribution in [0.15, 0.2) is 47.1 Å². The van der Waals surface area contributed by atoms with Crippen LogP contribution in [-0.2, 0) is 19.4 Å². The molecule has 0 aliphatic carbocycles. The Morgan fingerprint density at radius 1 is 1.26 bits per heavy atom. The largest absolute Gasteiger partial charge is 0.507 e. The second-order valence-corrected chi connectivity index (χ2v) is 11.6. The number of hydrogen-bond donors (Lipinski definition) is 1. The lowest BCUT2D eigenvalue weighted by atomic mass is 9.87. The van der Waals surface area contributed by atoms with E-state index in [4.69, 9.17) is 21.6 Å². The van der Waals surface area contributed by atoms with Gasteiger partial charge in [0, 0.05) is 29.8 Å². The molecule has 0 saturated carbocycles. The quantitative estimate of drug-likeness (QED) is 0.440. The minimum absolute atomic E-state index is 0.0847. The molecule has 1 spiro atoms. The molecule has 35 heavy (non-hydrogen) atoms. The van der Waals surface area contributed by atoms with Gasteiger partial charge in [0.15, 0.2) is 21.2 Å². The Morgan fingerprint density at radius 3 is 2.74 bits per heavy atom. The van der Waals surface area contributed by atoms with Gasteiger partial charge in [-0.25, -0.2) is 13.2 Å². The number of esters is 1. The van der Waals surface area contributed by atoms with E-state index in [9.17, 15) is 18.3 Å². The molecule has 0 aromatic heterocycles. The molecule has 1 fully saturated rings. The number of carbonyl (C=O) groups excluding carboxylic acids is 1. The highest BCUT2D eigenvalue weighted by atomic mass is 35.5. The average molecular weight is 515 g/mol. The highest BCUT2D eigenvalue weighted by Crippen LogP contribution is 2.44. The lowest BCUT2D eigenvalue weighted by molar-refractivity contribution is -0.151. The standard InChI is InChI=1S/C26H27ClN2O5S/c1-17-13-21(18-7-5-8-19(14-18)35(2,32)33)22(27)15-20(17)23-24(30)26(34-25(23)31)9-6-12-29(16-26)11-4-3-10-28/h5,7-8,13-15,30H,3-4,6,9,11-12,16H2,1-2H3. The molecule has 2 aromatic carbocycles. The van der Waals surface area contributed by atoms with Gasteiger partial charge >= 0.3 is 5.97 Å². The Morgan fingerprint density at radius 2 is 2.03 bits per heavy atom. The van der Waals surface area contributed by atoms with Gasteiger partial charge in [-0.05, 0) is 80.2 Å². The van der Waals surface area contributed by atoms with Crippen LogP contribution in [0.5, 0.6) is 0 Å². The van der Waals surface area contributed by atoms with Crippen LogP contribution >= 0.6 is 11.6 Å². The number of ether oxygens (including phenoxy) is 1. The molecule has 4 rings (SSSR count). The molecular weight excluding hydrogens is 488 g/mol. The first-order valence-electron chi connectivity index (χ1n) is 11.4. The van der Waals surface area contributed by atoms with Crippen LogP contribution in [0.25, 0.3) is 16.7 Å². The molecule has 2 aromatic rings. The summed E-state index contributed by atoms with van der Waals surface area (Å²) in [6.07, 6.45) is 3.59. The van der Waals surface area contributed by atoms with Crippen molar-refractivity contribution in [3.63, 3.8) is 0 Å². The fourth-order valence-electron chi connectivity index (χ4n) is 4.86. The SMILES string of the molecule is Cc1cc(-c2cccc(S(C)(=O)=O)c2)c(Cl)cc1C1=C(O)C2(CCCN(CCCC#N)C2)OC1=O. The van der Waals surface area contributed by atoms with Crippen LogP contribution in [0.2, 0.25) is 5.02 Å². The minimum atomic E-state index is -3.38. The number of likely N-dealkylation sites (tertiary alicyclic amines) is 1. The Kier molecular flexibility index (Phi) is 6.96. The fourth-order valence-corrected chi connectivity index (χ4v) is 5.80. The van der Waals surface area contributed by atoms with E-state index in [0.29, 0.717) is 59.6 Å². The van der Waals surface area contributed by atoms with E-state index in [0.717, 1.165) is 19.2 Å². The molecule has 1 saturated heterocycles. The van der Waals surface area contributed by atoms with E-state index in [1.165, 1.54) is 6.07 Å². The number of aryl methyl sites for hydroxylation is 1. The molecule has 1 atom stereocenters. The van der Waals surface area contributed by atoms with Gasteiger partial charge in [-0.15, -0.1) is 0 Å². The topological polar surface area (TPSA) is 108 Å². The zero-order valence-electron chi connectivity index (χ0n) is 19.7. The van der Waals surface area contributed by atoms with Crippen molar-refractivity contribution >= 4 is 33.0 Å². The number of benzene rings is 2. The van der Waals surface area contributed by atoms with E-state index >= 15 is 0 Å². The molecule has 2 aliphatic heterocycles. The van der Waals surface area contributed by atoms with Crippen molar-refractivity contribution in [1.29, 1.82) is 5.26 Å². The average Bonchev–Trinajstić information content (AvgIpc) is 3.03. The number of aliphatic hydroxyl groups is 1. The number of aliphatic hydroxyl groups excluding tert-OH is 1. The van der Waals surface area contributed by atoms with Crippen LogP contribution in [0.1, 0.15) is 36.8 Å². The van der Waals surface area contributed by atoms with Crippen LogP contribution < -0.4 is 0 Å². The molecule has 2 aliphatic rings. The van der Waals surface area contributed by atoms with E-state index in [1.54, 1.807) is 30.3 Å². The summed E-state index contributed by atoms with van der Waals surface area (Å²) < 4.78 is 29.7. The van der Waals surface area contributed by atoms with Crippen molar-refractivity contribution in [3.8, 4) is 17.2 Å². The van der Waals surface area contributed by atoms with Crippen LogP contribution in [0, 0.1) is 18.3 Å². The molecular formula is C26H27ClN2O5S. The maximum absolute atomic E-state index is 13.0. The number of nitrogens with zero attached hydrogens (tertiary/aromatic N) is 2. The molecule has 2 heterocycles. The van der Waals surface area contributed by atoms with E-state index in [-0.39, 0.29) is 16.2 Å². The van der Waals surface area contributed by atoms with E-state index in [2.05, 4.69) is 11.0 Å². The number of sulfone groups is 1.